The van der Waals surface area contributed by atoms with E-state index in [0.29, 0.717) is 13.1 Å². The van der Waals surface area contributed by atoms with Crippen LogP contribution < -0.4 is 4.74 Å². The van der Waals surface area contributed by atoms with Gasteiger partial charge in [0.25, 0.3) is 5.91 Å². The molecule has 1 heterocycles. The predicted molar refractivity (Wildman–Crippen MR) is 79.5 cm³/mol. The third kappa shape index (κ3) is 4.17. The van der Waals surface area contributed by atoms with Gasteiger partial charge in [0.15, 0.2) is 6.10 Å². The molecule has 0 unspecified atom stereocenters. The van der Waals surface area contributed by atoms with Crippen molar-refractivity contribution in [2.75, 3.05) is 32.4 Å². The second-order valence-corrected chi connectivity index (χ2v) is 7.19. The van der Waals surface area contributed by atoms with Crippen LogP contribution in [0.3, 0.4) is 0 Å². The van der Waals surface area contributed by atoms with Gasteiger partial charge in [-0.2, -0.15) is 4.31 Å². The van der Waals surface area contributed by atoms with Gasteiger partial charge in [0.2, 0.25) is 10.0 Å². The molecule has 0 spiro atoms. The van der Waals surface area contributed by atoms with E-state index >= 15 is 0 Å². The van der Waals surface area contributed by atoms with Gasteiger partial charge in [-0.05, 0) is 19.1 Å². The Balaban J connectivity index is 1.92. The van der Waals surface area contributed by atoms with Crippen molar-refractivity contribution >= 4 is 15.9 Å². The van der Waals surface area contributed by atoms with Crippen LogP contribution in [0.2, 0.25) is 0 Å². The number of halogens is 1. The molecule has 0 saturated carbocycles. The molecular weight excluding hydrogens is 311 g/mol. The molecule has 0 bridgehead atoms. The van der Waals surface area contributed by atoms with E-state index in [2.05, 4.69) is 0 Å². The maximum Gasteiger partial charge on any atom is 0.263 e. The summed E-state index contributed by atoms with van der Waals surface area (Å²) in [7, 11) is -3.23. The number of amides is 1. The highest BCUT2D eigenvalue weighted by atomic mass is 32.2. The molecule has 0 radical (unpaired) electrons. The quantitative estimate of drug-likeness (QED) is 0.815. The third-order valence-electron chi connectivity index (χ3n) is 3.48. The molecule has 1 amide bonds. The minimum Gasteiger partial charge on any atom is -0.481 e. The molecule has 22 heavy (non-hydrogen) atoms. The zero-order valence-corrected chi connectivity index (χ0v) is 13.3. The second kappa shape index (κ2) is 6.62. The first-order valence-corrected chi connectivity index (χ1v) is 8.78. The lowest BCUT2D eigenvalue weighted by molar-refractivity contribution is -0.139. The molecule has 1 aromatic rings. The standard InChI is InChI=1S/C14H19FN2O4S/c1-11(21-13-5-3-4-12(15)10-13)14(18)16-6-8-17(9-7-16)22(2,19)20/h3-5,10-11H,6-9H2,1-2H3/t11-/m1/s1. The summed E-state index contributed by atoms with van der Waals surface area (Å²) in [6.45, 7) is 2.79. The Kier molecular flexibility index (Phi) is 5.02. The summed E-state index contributed by atoms with van der Waals surface area (Å²) in [5, 5.41) is 0. The summed E-state index contributed by atoms with van der Waals surface area (Å²) < 4.78 is 42.7. The molecule has 2 rings (SSSR count). The smallest absolute Gasteiger partial charge is 0.263 e. The van der Waals surface area contributed by atoms with E-state index in [9.17, 15) is 17.6 Å². The Hall–Kier alpha value is -1.67. The first-order valence-electron chi connectivity index (χ1n) is 6.93. The molecule has 6 nitrogen and oxygen atoms in total. The van der Waals surface area contributed by atoms with Crippen LogP contribution in [-0.4, -0.2) is 62.1 Å². The molecule has 8 heteroatoms. The fraction of sp³-hybridized carbons (Fsp3) is 0.500. The van der Waals surface area contributed by atoms with Gasteiger partial charge >= 0.3 is 0 Å². The van der Waals surface area contributed by atoms with E-state index in [4.69, 9.17) is 4.74 Å². The molecule has 1 aromatic carbocycles. The molecule has 1 fully saturated rings. The Bertz CT molecular complexity index is 642. The zero-order chi connectivity index (χ0) is 16.3. The van der Waals surface area contributed by atoms with E-state index in [1.165, 1.54) is 22.5 Å². The van der Waals surface area contributed by atoms with Gasteiger partial charge in [0.1, 0.15) is 11.6 Å². The number of piperazine rings is 1. The molecule has 0 aromatic heterocycles. The minimum atomic E-state index is -3.23. The molecule has 1 saturated heterocycles. The fourth-order valence-electron chi connectivity index (χ4n) is 2.29. The molecular formula is C14H19FN2O4S. The summed E-state index contributed by atoms with van der Waals surface area (Å²) in [6.07, 6.45) is 0.395. The van der Waals surface area contributed by atoms with Gasteiger partial charge < -0.3 is 9.64 Å². The number of ether oxygens (including phenoxy) is 1. The highest BCUT2D eigenvalue weighted by Gasteiger charge is 2.29. The van der Waals surface area contributed by atoms with E-state index in [0.717, 1.165) is 6.26 Å². The normalized spacial score (nSPS) is 18.0. The first kappa shape index (κ1) is 16.7. The Morgan fingerprint density at radius 1 is 1.27 bits per heavy atom. The number of nitrogens with zero attached hydrogens (tertiary/aromatic N) is 2. The van der Waals surface area contributed by atoms with Crippen molar-refractivity contribution in [1.82, 2.24) is 9.21 Å². The van der Waals surface area contributed by atoms with E-state index in [1.54, 1.807) is 17.9 Å². The van der Waals surface area contributed by atoms with Crippen LogP contribution in [0.4, 0.5) is 4.39 Å². The Labute approximate surface area is 129 Å². The number of hydrogen-bond donors (Lipinski definition) is 0. The predicted octanol–water partition coefficient (Wildman–Crippen LogP) is 0.697. The van der Waals surface area contributed by atoms with Crippen LogP contribution in [0.5, 0.6) is 5.75 Å². The molecule has 1 atom stereocenters. The van der Waals surface area contributed by atoms with Gasteiger partial charge in [0.05, 0.1) is 6.26 Å². The van der Waals surface area contributed by atoms with Gasteiger partial charge in [-0.25, -0.2) is 12.8 Å². The van der Waals surface area contributed by atoms with Crippen LogP contribution in [0.15, 0.2) is 24.3 Å². The lowest BCUT2D eigenvalue weighted by Crippen LogP contribution is -2.53. The summed E-state index contributed by atoms with van der Waals surface area (Å²) in [4.78, 5) is 13.8. The maximum atomic E-state index is 13.1. The molecule has 0 aliphatic carbocycles. The topological polar surface area (TPSA) is 66.9 Å². The largest absolute Gasteiger partial charge is 0.481 e. The number of benzene rings is 1. The lowest BCUT2D eigenvalue weighted by atomic mass is 10.2. The number of sulfonamides is 1. The Morgan fingerprint density at radius 2 is 1.91 bits per heavy atom. The monoisotopic (exact) mass is 330 g/mol. The lowest BCUT2D eigenvalue weighted by Gasteiger charge is -2.34. The number of carbonyl (C=O) groups excluding carboxylic acids is 1. The van der Waals surface area contributed by atoms with Crippen LogP contribution in [-0.2, 0) is 14.8 Å². The second-order valence-electron chi connectivity index (χ2n) is 5.20. The fourth-order valence-corrected chi connectivity index (χ4v) is 3.12. The van der Waals surface area contributed by atoms with Crippen molar-refractivity contribution in [3.63, 3.8) is 0 Å². The van der Waals surface area contributed by atoms with Gasteiger partial charge in [-0.15, -0.1) is 0 Å². The molecule has 122 valence electrons. The molecule has 1 aliphatic rings. The average molecular weight is 330 g/mol. The van der Waals surface area contributed by atoms with Crippen molar-refractivity contribution in [3.05, 3.63) is 30.1 Å². The SMILES string of the molecule is C[C@@H](Oc1cccc(F)c1)C(=O)N1CCN(S(C)(=O)=O)CC1. The average Bonchev–Trinajstić information content (AvgIpc) is 2.45. The zero-order valence-electron chi connectivity index (χ0n) is 12.5. The third-order valence-corrected chi connectivity index (χ3v) is 4.78. The summed E-state index contributed by atoms with van der Waals surface area (Å²) in [6, 6.07) is 5.59. The van der Waals surface area contributed by atoms with Crippen molar-refractivity contribution < 1.29 is 22.3 Å². The van der Waals surface area contributed by atoms with Crippen molar-refractivity contribution in [2.45, 2.75) is 13.0 Å². The highest BCUT2D eigenvalue weighted by molar-refractivity contribution is 7.88. The van der Waals surface area contributed by atoms with Crippen molar-refractivity contribution in [2.24, 2.45) is 0 Å². The van der Waals surface area contributed by atoms with Gasteiger partial charge in [-0.1, -0.05) is 6.07 Å². The molecule has 1 aliphatic heterocycles. The van der Waals surface area contributed by atoms with Crippen LogP contribution >= 0.6 is 0 Å². The minimum absolute atomic E-state index is 0.239. The number of hydrogen-bond acceptors (Lipinski definition) is 4. The van der Waals surface area contributed by atoms with Crippen LogP contribution in [0, 0.1) is 5.82 Å². The highest BCUT2D eigenvalue weighted by Crippen LogP contribution is 2.15. The maximum absolute atomic E-state index is 13.1. The number of rotatable bonds is 4. The van der Waals surface area contributed by atoms with Crippen molar-refractivity contribution in [3.8, 4) is 5.75 Å². The summed E-state index contributed by atoms with van der Waals surface area (Å²) in [5.41, 5.74) is 0. The van der Waals surface area contributed by atoms with Crippen LogP contribution in [0.25, 0.3) is 0 Å². The van der Waals surface area contributed by atoms with E-state index in [1.807, 2.05) is 0 Å². The molecule has 0 N–H and O–H groups in total. The Morgan fingerprint density at radius 3 is 2.45 bits per heavy atom. The van der Waals surface area contributed by atoms with Gasteiger partial charge in [0, 0.05) is 32.2 Å². The number of carbonyl (C=O) groups is 1. The van der Waals surface area contributed by atoms with Crippen LogP contribution in [0.1, 0.15) is 6.92 Å². The van der Waals surface area contributed by atoms with Crippen molar-refractivity contribution in [1.29, 1.82) is 0 Å². The van der Waals surface area contributed by atoms with E-state index < -0.39 is 21.9 Å². The first-order chi connectivity index (χ1) is 10.3. The van der Waals surface area contributed by atoms with E-state index in [-0.39, 0.29) is 24.7 Å². The summed E-state index contributed by atoms with van der Waals surface area (Å²) in [5.74, 6) is -0.382. The summed E-state index contributed by atoms with van der Waals surface area (Å²) >= 11 is 0. The van der Waals surface area contributed by atoms with Gasteiger partial charge in [-0.3, -0.25) is 4.79 Å².